The molecule has 14 heavy (non-hydrogen) atoms. The molecule has 0 aliphatic carbocycles. The van der Waals surface area contributed by atoms with Crippen LogP contribution in [0.2, 0.25) is 0 Å². The van der Waals surface area contributed by atoms with Gasteiger partial charge in [0, 0.05) is 31.2 Å². The van der Waals surface area contributed by atoms with Gasteiger partial charge in [0.2, 0.25) is 0 Å². The van der Waals surface area contributed by atoms with Crippen molar-refractivity contribution in [1.29, 1.82) is 0 Å². The Hall–Kier alpha value is -1.90. The molecule has 3 nitrogen and oxygen atoms in total. The van der Waals surface area contributed by atoms with Crippen LogP contribution in [0.25, 0.3) is 0 Å². The van der Waals surface area contributed by atoms with E-state index in [1.54, 1.807) is 18.6 Å². The van der Waals surface area contributed by atoms with Crippen LogP contribution in [0.4, 0.5) is 5.82 Å². The highest BCUT2D eigenvalue weighted by Crippen LogP contribution is 2.03. The summed E-state index contributed by atoms with van der Waals surface area (Å²) < 4.78 is 0. The van der Waals surface area contributed by atoms with Gasteiger partial charge in [0.15, 0.2) is 0 Å². The number of nitrogens with zero attached hydrogens (tertiary/aromatic N) is 2. The maximum atomic E-state index is 4.11. The van der Waals surface area contributed by atoms with Crippen molar-refractivity contribution in [2.24, 2.45) is 0 Å². The molecule has 0 aromatic carbocycles. The average molecular weight is 184 g/mol. The maximum Gasteiger partial charge on any atom is 0.126 e. The standard InChI is InChI=1S/C11H10N3/c1-2-6-13-11(3-1)14-9-10-4-7-12-8-5-10/h1,3-8H,9H2,(H,13,14). The fraction of sp³-hybridized carbons (Fsp3) is 0.0909. The summed E-state index contributed by atoms with van der Waals surface area (Å²) in [5.41, 5.74) is 1.19. The molecule has 2 aromatic heterocycles. The van der Waals surface area contributed by atoms with E-state index in [4.69, 9.17) is 0 Å². The molecule has 1 radical (unpaired) electrons. The van der Waals surface area contributed by atoms with Crippen LogP contribution in [-0.2, 0) is 6.54 Å². The second-order valence-corrected chi connectivity index (χ2v) is 2.85. The minimum absolute atomic E-state index is 0.763. The lowest BCUT2D eigenvalue weighted by atomic mass is 10.3. The van der Waals surface area contributed by atoms with E-state index in [9.17, 15) is 0 Å². The first-order valence-corrected chi connectivity index (χ1v) is 4.40. The molecule has 2 rings (SSSR count). The molecule has 0 fully saturated rings. The van der Waals surface area contributed by atoms with E-state index >= 15 is 0 Å². The molecule has 0 aliphatic rings. The second kappa shape index (κ2) is 4.37. The molecule has 0 saturated heterocycles. The lowest BCUT2D eigenvalue weighted by Crippen LogP contribution is -2.00. The monoisotopic (exact) mass is 184 g/mol. The zero-order chi connectivity index (χ0) is 9.64. The Morgan fingerprint density at radius 1 is 1.21 bits per heavy atom. The summed E-state index contributed by atoms with van der Waals surface area (Å²) in [6, 6.07) is 10.5. The van der Waals surface area contributed by atoms with E-state index in [0.717, 1.165) is 12.4 Å². The molecule has 2 heterocycles. The fourth-order valence-corrected chi connectivity index (χ4v) is 1.12. The topological polar surface area (TPSA) is 37.8 Å². The van der Waals surface area contributed by atoms with Gasteiger partial charge in [0.05, 0.1) is 0 Å². The van der Waals surface area contributed by atoms with Crippen molar-refractivity contribution in [2.75, 3.05) is 5.32 Å². The molecule has 0 amide bonds. The first-order chi connectivity index (χ1) is 6.95. The lowest BCUT2D eigenvalue weighted by Gasteiger charge is -2.03. The number of anilines is 1. The molecular weight excluding hydrogens is 174 g/mol. The Balaban J connectivity index is 1.96. The van der Waals surface area contributed by atoms with Gasteiger partial charge in [-0.1, -0.05) is 0 Å². The number of hydrogen-bond acceptors (Lipinski definition) is 3. The van der Waals surface area contributed by atoms with Crippen molar-refractivity contribution in [2.45, 2.75) is 6.54 Å². The van der Waals surface area contributed by atoms with Crippen LogP contribution in [0.5, 0.6) is 0 Å². The van der Waals surface area contributed by atoms with Crippen molar-refractivity contribution >= 4 is 5.82 Å². The van der Waals surface area contributed by atoms with Gasteiger partial charge < -0.3 is 5.32 Å². The normalized spacial score (nSPS) is 9.71. The van der Waals surface area contributed by atoms with Crippen LogP contribution in [0, 0.1) is 6.07 Å². The molecule has 2 aromatic rings. The highest BCUT2D eigenvalue weighted by molar-refractivity contribution is 5.34. The quantitative estimate of drug-likeness (QED) is 0.791. The number of pyridine rings is 2. The smallest absolute Gasteiger partial charge is 0.126 e. The third-order valence-corrected chi connectivity index (χ3v) is 1.84. The number of nitrogens with one attached hydrogen (secondary N) is 1. The predicted molar refractivity (Wildman–Crippen MR) is 54.6 cm³/mol. The Labute approximate surface area is 82.8 Å². The largest absolute Gasteiger partial charge is 0.366 e. The third-order valence-electron chi connectivity index (χ3n) is 1.84. The fourth-order valence-electron chi connectivity index (χ4n) is 1.12. The van der Waals surface area contributed by atoms with Gasteiger partial charge in [-0.15, -0.1) is 0 Å². The van der Waals surface area contributed by atoms with Crippen molar-refractivity contribution in [3.63, 3.8) is 0 Å². The number of aromatic nitrogens is 2. The molecule has 69 valence electrons. The first-order valence-electron chi connectivity index (χ1n) is 4.40. The van der Waals surface area contributed by atoms with Crippen molar-refractivity contribution < 1.29 is 0 Å². The van der Waals surface area contributed by atoms with Crippen LogP contribution in [-0.4, -0.2) is 9.97 Å². The number of rotatable bonds is 3. The van der Waals surface area contributed by atoms with Crippen LogP contribution in [0.15, 0.2) is 42.9 Å². The molecule has 0 saturated carbocycles. The Kier molecular flexibility index (Phi) is 2.71. The van der Waals surface area contributed by atoms with Crippen molar-refractivity contribution in [3.8, 4) is 0 Å². The van der Waals surface area contributed by atoms with Gasteiger partial charge in [-0.2, -0.15) is 0 Å². The first kappa shape index (κ1) is 8.69. The molecule has 0 aliphatic heterocycles. The van der Waals surface area contributed by atoms with Gasteiger partial charge in [0.1, 0.15) is 5.82 Å². The van der Waals surface area contributed by atoms with Gasteiger partial charge >= 0.3 is 0 Å². The summed E-state index contributed by atoms with van der Waals surface area (Å²) in [5.74, 6) is 0.862. The van der Waals surface area contributed by atoms with Crippen LogP contribution in [0.3, 0.4) is 0 Å². The average Bonchev–Trinajstić information content (AvgIpc) is 2.29. The van der Waals surface area contributed by atoms with Crippen LogP contribution >= 0.6 is 0 Å². The summed E-state index contributed by atoms with van der Waals surface area (Å²) in [7, 11) is 0. The summed E-state index contributed by atoms with van der Waals surface area (Å²) in [4.78, 5) is 8.06. The van der Waals surface area contributed by atoms with Gasteiger partial charge in [0.25, 0.3) is 0 Å². The summed E-state index contributed by atoms with van der Waals surface area (Å²) >= 11 is 0. The third kappa shape index (κ3) is 2.29. The minimum atomic E-state index is 0.763. The minimum Gasteiger partial charge on any atom is -0.366 e. The van der Waals surface area contributed by atoms with Gasteiger partial charge in [-0.25, -0.2) is 4.98 Å². The van der Waals surface area contributed by atoms with Gasteiger partial charge in [-0.05, 0) is 29.8 Å². The molecule has 0 spiro atoms. The molecule has 0 unspecified atom stereocenters. The van der Waals surface area contributed by atoms with Crippen molar-refractivity contribution in [1.82, 2.24) is 9.97 Å². The van der Waals surface area contributed by atoms with Crippen molar-refractivity contribution in [3.05, 3.63) is 54.5 Å². The molecule has 3 heteroatoms. The highest BCUT2D eigenvalue weighted by Gasteiger charge is 1.92. The van der Waals surface area contributed by atoms with E-state index in [1.165, 1.54) is 5.56 Å². The molecule has 1 N–H and O–H groups in total. The summed E-state index contributed by atoms with van der Waals surface area (Å²) in [6.07, 6.45) is 5.21. The SMILES string of the molecule is [c]1ccc(NCc2ccncc2)nc1. The highest BCUT2D eigenvalue weighted by atomic mass is 15.0. The Morgan fingerprint density at radius 2 is 2.07 bits per heavy atom. The summed E-state index contributed by atoms with van der Waals surface area (Å²) in [5, 5.41) is 3.20. The molecule has 0 atom stereocenters. The van der Waals surface area contributed by atoms with Crippen LogP contribution in [0.1, 0.15) is 5.56 Å². The number of hydrogen-bond donors (Lipinski definition) is 1. The van der Waals surface area contributed by atoms with Crippen LogP contribution < -0.4 is 5.32 Å². The Morgan fingerprint density at radius 3 is 2.79 bits per heavy atom. The van der Waals surface area contributed by atoms with E-state index in [-0.39, 0.29) is 0 Å². The van der Waals surface area contributed by atoms with Gasteiger partial charge in [-0.3, -0.25) is 4.98 Å². The lowest BCUT2D eigenvalue weighted by molar-refractivity contribution is 1.10. The summed E-state index contributed by atoms with van der Waals surface area (Å²) in [6.45, 7) is 0.763. The Bertz CT molecular complexity index is 333. The van der Waals surface area contributed by atoms with E-state index in [2.05, 4.69) is 21.4 Å². The zero-order valence-corrected chi connectivity index (χ0v) is 7.64. The van der Waals surface area contributed by atoms with E-state index in [1.807, 2.05) is 24.3 Å². The molecular formula is C11H10N3. The predicted octanol–water partition coefficient (Wildman–Crippen LogP) is 1.89. The van der Waals surface area contributed by atoms with E-state index in [0.29, 0.717) is 0 Å². The maximum absolute atomic E-state index is 4.11. The van der Waals surface area contributed by atoms with E-state index < -0.39 is 0 Å². The molecule has 0 bridgehead atoms. The zero-order valence-electron chi connectivity index (χ0n) is 7.64. The second-order valence-electron chi connectivity index (χ2n) is 2.85.